The molecule has 2 amide bonds. The van der Waals surface area contributed by atoms with Gasteiger partial charge in [0.15, 0.2) is 0 Å². The van der Waals surface area contributed by atoms with E-state index in [4.69, 9.17) is 23.2 Å². The number of carbonyl (C=O) groups is 2. The van der Waals surface area contributed by atoms with Crippen molar-refractivity contribution in [1.82, 2.24) is 0 Å². The molecule has 6 heteroatoms. The van der Waals surface area contributed by atoms with Crippen LogP contribution in [0, 0.1) is 25.7 Å². The molecule has 1 saturated carbocycles. The Morgan fingerprint density at radius 3 is 2.28 bits per heavy atom. The van der Waals surface area contributed by atoms with Gasteiger partial charge in [0.05, 0.1) is 11.8 Å². The van der Waals surface area contributed by atoms with E-state index in [0.717, 1.165) is 11.1 Å². The molecule has 0 aliphatic heterocycles. The third-order valence-corrected chi connectivity index (χ3v) is 5.09. The van der Waals surface area contributed by atoms with E-state index in [-0.39, 0.29) is 23.7 Å². The molecule has 1 aliphatic carbocycles. The van der Waals surface area contributed by atoms with Crippen LogP contribution in [0.1, 0.15) is 17.5 Å². The smallest absolute Gasteiger partial charge is 0.228 e. The van der Waals surface area contributed by atoms with Gasteiger partial charge in [-0.3, -0.25) is 9.59 Å². The first kappa shape index (κ1) is 17.8. The van der Waals surface area contributed by atoms with Gasteiger partial charge in [-0.05, 0) is 55.7 Å². The SMILES string of the molecule is Cc1ccc(Cl)cc1NC(=O)C1CC1C(=O)Nc1cccc(Cl)c1C. The van der Waals surface area contributed by atoms with Gasteiger partial charge in [0.25, 0.3) is 0 Å². The second kappa shape index (κ2) is 7.06. The third-order valence-electron chi connectivity index (χ3n) is 4.45. The van der Waals surface area contributed by atoms with Gasteiger partial charge in [0.1, 0.15) is 0 Å². The number of amides is 2. The van der Waals surface area contributed by atoms with E-state index in [1.165, 1.54) is 0 Å². The maximum absolute atomic E-state index is 12.4. The van der Waals surface area contributed by atoms with Gasteiger partial charge >= 0.3 is 0 Å². The van der Waals surface area contributed by atoms with Crippen molar-refractivity contribution >= 4 is 46.4 Å². The molecule has 4 nitrogen and oxygen atoms in total. The molecule has 0 saturated heterocycles. The lowest BCUT2D eigenvalue weighted by atomic mass is 10.2. The summed E-state index contributed by atoms with van der Waals surface area (Å²) in [5.74, 6) is -0.961. The number of carbonyl (C=O) groups excluding carboxylic acids is 2. The molecule has 0 heterocycles. The molecular formula is C19H18Cl2N2O2. The molecule has 2 aromatic carbocycles. The van der Waals surface area contributed by atoms with E-state index >= 15 is 0 Å². The topological polar surface area (TPSA) is 58.2 Å². The number of rotatable bonds is 4. The molecule has 1 aliphatic rings. The largest absolute Gasteiger partial charge is 0.326 e. The molecule has 2 atom stereocenters. The molecule has 2 N–H and O–H groups in total. The number of nitrogens with one attached hydrogen (secondary N) is 2. The Hall–Kier alpha value is -2.04. The first-order valence-corrected chi connectivity index (χ1v) is 8.75. The predicted molar refractivity (Wildman–Crippen MR) is 101 cm³/mol. The minimum absolute atomic E-state index is 0.159. The minimum atomic E-state index is -0.321. The van der Waals surface area contributed by atoms with E-state index in [2.05, 4.69) is 10.6 Å². The van der Waals surface area contributed by atoms with Crippen LogP contribution in [0.5, 0.6) is 0 Å². The van der Waals surface area contributed by atoms with Crippen molar-refractivity contribution in [2.75, 3.05) is 10.6 Å². The van der Waals surface area contributed by atoms with Crippen LogP contribution in [0.3, 0.4) is 0 Å². The average molecular weight is 377 g/mol. The van der Waals surface area contributed by atoms with Crippen LogP contribution in [0.2, 0.25) is 10.0 Å². The molecule has 25 heavy (non-hydrogen) atoms. The number of aryl methyl sites for hydroxylation is 1. The molecule has 1 fully saturated rings. The van der Waals surface area contributed by atoms with E-state index in [0.29, 0.717) is 27.8 Å². The van der Waals surface area contributed by atoms with Crippen molar-refractivity contribution in [1.29, 1.82) is 0 Å². The van der Waals surface area contributed by atoms with Gasteiger partial charge in [0.2, 0.25) is 11.8 Å². The van der Waals surface area contributed by atoms with Crippen molar-refractivity contribution in [2.45, 2.75) is 20.3 Å². The normalized spacial score (nSPS) is 18.6. The summed E-state index contributed by atoms with van der Waals surface area (Å²) in [6.45, 7) is 3.74. The maximum atomic E-state index is 12.4. The maximum Gasteiger partial charge on any atom is 0.228 e. The zero-order chi connectivity index (χ0) is 18.1. The average Bonchev–Trinajstić information content (AvgIpc) is 3.36. The van der Waals surface area contributed by atoms with Gasteiger partial charge in [0, 0.05) is 21.4 Å². The summed E-state index contributed by atoms with van der Waals surface area (Å²) >= 11 is 12.0. The summed E-state index contributed by atoms with van der Waals surface area (Å²) < 4.78 is 0. The van der Waals surface area contributed by atoms with E-state index in [1.807, 2.05) is 19.9 Å². The second-order valence-electron chi connectivity index (χ2n) is 6.30. The monoisotopic (exact) mass is 376 g/mol. The molecular weight excluding hydrogens is 359 g/mol. The van der Waals surface area contributed by atoms with Gasteiger partial charge < -0.3 is 10.6 Å². The lowest BCUT2D eigenvalue weighted by Crippen LogP contribution is -2.21. The quantitative estimate of drug-likeness (QED) is 0.802. The molecule has 130 valence electrons. The van der Waals surface area contributed by atoms with Crippen LogP contribution >= 0.6 is 23.2 Å². The predicted octanol–water partition coefficient (Wildman–Crippen LogP) is 4.82. The minimum Gasteiger partial charge on any atom is -0.326 e. The summed E-state index contributed by atoms with van der Waals surface area (Å²) in [6.07, 6.45) is 0.539. The van der Waals surface area contributed by atoms with Gasteiger partial charge in [-0.25, -0.2) is 0 Å². The van der Waals surface area contributed by atoms with Gasteiger partial charge in [-0.2, -0.15) is 0 Å². The fourth-order valence-corrected chi connectivity index (χ4v) is 3.04. The number of hydrogen-bond acceptors (Lipinski definition) is 2. The third kappa shape index (κ3) is 3.97. The molecule has 0 bridgehead atoms. The lowest BCUT2D eigenvalue weighted by Gasteiger charge is -2.10. The van der Waals surface area contributed by atoms with Crippen molar-refractivity contribution in [3.05, 3.63) is 57.6 Å². The van der Waals surface area contributed by atoms with Gasteiger partial charge in [-0.15, -0.1) is 0 Å². The summed E-state index contributed by atoms with van der Waals surface area (Å²) in [6, 6.07) is 10.7. The molecule has 0 spiro atoms. The molecule has 2 unspecified atom stereocenters. The van der Waals surface area contributed by atoms with Crippen molar-refractivity contribution in [3.8, 4) is 0 Å². The lowest BCUT2D eigenvalue weighted by molar-refractivity contribution is -0.122. The van der Waals surface area contributed by atoms with Crippen LogP contribution < -0.4 is 10.6 Å². The van der Waals surface area contributed by atoms with Crippen LogP contribution in [-0.2, 0) is 9.59 Å². The Bertz CT molecular complexity index is 831. The summed E-state index contributed by atoms with van der Waals surface area (Å²) in [7, 11) is 0. The van der Waals surface area contributed by atoms with E-state index in [9.17, 15) is 9.59 Å². The van der Waals surface area contributed by atoms with E-state index < -0.39 is 0 Å². The standard InChI is InChI=1S/C19H18Cl2N2O2/c1-10-6-7-12(20)8-17(10)23-19(25)14-9-13(14)18(24)22-16-5-3-4-15(21)11(16)2/h3-8,13-14H,9H2,1-2H3,(H,22,24)(H,23,25). The van der Waals surface area contributed by atoms with Crippen molar-refractivity contribution in [2.24, 2.45) is 11.8 Å². The highest BCUT2D eigenvalue weighted by atomic mass is 35.5. The van der Waals surface area contributed by atoms with Gasteiger partial charge in [-0.1, -0.05) is 35.3 Å². The number of halogens is 2. The highest BCUT2D eigenvalue weighted by Crippen LogP contribution is 2.41. The Labute approximate surface area is 156 Å². The van der Waals surface area contributed by atoms with E-state index in [1.54, 1.807) is 30.3 Å². The Balaban J connectivity index is 1.62. The number of benzene rings is 2. The first-order valence-electron chi connectivity index (χ1n) is 8.00. The fraction of sp³-hybridized carbons (Fsp3) is 0.263. The highest BCUT2D eigenvalue weighted by molar-refractivity contribution is 6.32. The fourth-order valence-electron chi connectivity index (χ4n) is 2.70. The van der Waals surface area contributed by atoms with Crippen LogP contribution in [0.25, 0.3) is 0 Å². The Morgan fingerprint density at radius 2 is 1.60 bits per heavy atom. The second-order valence-corrected chi connectivity index (χ2v) is 7.14. The summed E-state index contributed by atoms with van der Waals surface area (Å²) in [5, 5.41) is 6.87. The van der Waals surface area contributed by atoms with Crippen molar-refractivity contribution < 1.29 is 9.59 Å². The molecule has 0 radical (unpaired) electrons. The summed E-state index contributed by atoms with van der Waals surface area (Å²) in [5.41, 5.74) is 3.09. The van der Waals surface area contributed by atoms with Crippen LogP contribution in [-0.4, -0.2) is 11.8 Å². The van der Waals surface area contributed by atoms with Crippen LogP contribution in [0.15, 0.2) is 36.4 Å². The zero-order valence-corrected chi connectivity index (χ0v) is 15.4. The number of anilines is 2. The number of hydrogen-bond donors (Lipinski definition) is 2. The Morgan fingerprint density at radius 1 is 0.960 bits per heavy atom. The Kier molecular flexibility index (Phi) is 5.02. The molecule has 0 aromatic heterocycles. The van der Waals surface area contributed by atoms with Crippen LogP contribution in [0.4, 0.5) is 11.4 Å². The van der Waals surface area contributed by atoms with Crippen molar-refractivity contribution in [3.63, 3.8) is 0 Å². The summed E-state index contributed by atoms with van der Waals surface area (Å²) in [4.78, 5) is 24.7. The first-order chi connectivity index (χ1) is 11.9. The highest BCUT2D eigenvalue weighted by Gasteiger charge is 2.48. The molecule has 3 rings (SSSR count). The zero-order valence-electron chi connectivity index (χ0n) is 13.9. The molecule has 2 aromatic rings.